The summed E-state index contributed by atoms with van der Waals surface area (Å²) in [4.78, 5) is 15.5. The molecule has 0 spiro atoms. The quantitative estimate of drug-likeness (QED) is 0.705. The molecule has 2 aromatic carbocycles. The molecule has 3 rings (SSSR count). The number of carbonyl (C=O) groups is 1. The van der Waals surface area contributed by atoms with Crippen LogP contribution in [-0.4, -0.2) is 10.8 Å². The van der Waals surface area contributed by atoms with Gasteiger partial charge in [0.2, 0.25) is 0 Å². The molecule has 0 bridgehead atoms. The van der Waals surface area contributed by atoms with Gasteiger partial charge in [0, 0.05) is 23.6 Å². The van der Waals surface area contributed by atoms with Gasteiger partial charge in [0.15, 0.2) is 0 Å². The zero-order chi connectivity index (χ0) is 14.7. The van der Waals surface area contributed by atoms with E-state index in [0.29, 0.717) is 6.42 Å². The molecule has 0 unspecified atom stereocenters. The lowest BCUT2D eigenvalue weighted by molar-refractivity contribution is -0.116. The Hall–Kier alpha value is -2.48. The predicted octanol–water partition coefficient (Wildman–Crippen LogP) is 4.42. The Bertz CT molecular complexity index is 775. The molecule has 0 amide bonds. The molecule has 0 N–H and O–H groups in total. The van der Waals surface area contributed by atoms with E-state index in [1.807, 2.05) is 24.4 Å². The van der Waals surface area contributed by atoms with Crippen molar-refractivity contribution in [3.05, 3.63) is 66.4 Å². The van der Waals surface area contributed by atoms with Crippen molar-refractivity contribution in [2.75, 3.05) is 0 Å². The minimum Gasteiger partial charge on any atom is -0.300 e. The molecule has 0 aliphatic heterocycles. The van der Waals surface area contributed by atoms with Crippen LogP contribution in [0, 0.1) is 0 Å². The zero-order valence-electron chi connectivity index (χ0n) is 12.0. The summed E-state index contributed by atoms with van der Waals surface area (Å²) in [5.74, 6) is 0.234. The first kappa shape index (κ1) is 13.5. The molecule has 0 radical (unpaired) electrons. The van der Waals surface area contributed by atoms with Crippen LogP contribution in [0.1, 0.15) is 18.9 Å². The molecule has 0 atom stereocenters. The van der Waals surface area contributed by atoms with Crippen molar-refractivity contribution in [2.45, 2.75) is 19.8 Å². The first-order chi connectivity index (χ1) is 10.2. The number of para-hydroxylation sites is 1. The summed E-state index contributed by atoms with van der Waals surface area (Å²) >= 11 is 0. The Morgan fingerprint density at radius 1 is 1.00 bits per heavy atom. The largest absolute Gasteiger partial charge is 0.300 e. The number of ketones is 1. The van der Waals surface area contributed by atoms with E-state index in [4.69, 9.17) is 0 Å². The number of rotatable bonds is 4. The van der Waals surface area contributed by atoms with Crippen LogP contribution < -0.4 is 0 Å². The van der Waals surface area contributed by atoms with Crippen molar-refractivity contribution >= 4 is 16.7 Å². The lowest BCUT2D eigenvalue weighted by Crippen LogP contribution is -1.93. The molecule has 1 aromatic heterocycles. The Morgan fingerprint density at radius 3 is 2.52 bits per heavy atom. The highest BCUT2D eigenvalue weighted by atomic mass is 16.1. The van der Waals surface area contributed by atoms with Crippen LogP contribution in [0.15, 0.2) is 60.8 Å². The molecule has 104 valence electrons. The summed E-state index contributed by atoms with van der Waals surface area (Å²) < 4.78 is 0. The van der Waals surface area contributed by atoms with Gasteiger partial charge in [-0.15, -0.1) is 0 Å². The first-order valence-electron chi connectivity index (χ1n) is 7.16. The Balaban J connectivity index is 1.86. The van der Waals surface area contributed by atoms with Crippen molar-refractivity contribution in [1.82, 2.24) is 4.98 Å². The number of nitrogens with zero attached hydrogens (tertiary/aromatic N) is 1. The van der Waals surface area contributed by atoms with Gasteiger partial charge >= 0.3 is 0 Å². The molecule has 0 fully saturated rings. The molecule has 2 nitrogen and oxygen atoms in total. The monoisotopic (exact) mass is 275 g/mol. The number of benzene rings is 2. The summed E-state index contributed by atoms with van der Waals surface area (Å²) in [6, 6.07) is 18.7. The highest BCUT2D eigenvalue weighted by molar-refractivity contribution is 5.83. The van der Waals surface area contributed by atoms with Gasteiger partial charge in [-0.25, -0.2) is 0 Å². The maximum atomic E-state index is 11.0. The van der Waals surface area contributed by atoms with Gasteiger partial charge in [0.25, 0.3) is 0 Å². The number of Topliss-reactive ketones (excluding diaryl/α,β-unsaturated/α-hetero) is 1. The van der Waals surface area contributed by atoms with Crippen LogP contribution in [0.3, 0.4) is 0 Å². The summed E-state index contributed by atoms with van der Waals surface area (Å²) in [5, 5.41) is 1.15. The van der Waals surface area contributed by atoms with Crippen LogP contribution in [0.4, 0.5) is 0 Å². The zero-order valence-corrected chi connectivity index (χ0v) is 12.0. The first-order valence-corrected chi connectivity index (χ1v) is 7.16. The molecule has 21 heavy (non-hydrogen) atoms. The van der Waals surface area contributed by atoms with E-state index in [1.165, 1.54) is 5.56 Å². The molecular formula is C19H17NO. The van der Waals surface area contributed by atoms with Gasteiger partial charge < -0.3 is 4.79 Å². The molecule has 2 heteroatoms. The third kappa shape index (κ3) is 3.16. The number of aromatic nitrogens is 1. The normalized spacial score (nSPS) is 10.7. The molecule has 0 saturated carbocycles. The molecule has 0 saturated heterocycles. The second kappa shape index (κ2) is 5.88. The number of pyridine rings is 1. The van der Waals surface area contributed by atoms with Crippen LogP contribution in [0.5, 0.6) is 0 Å². The average Bonchev–Trinajstić information content (AvgIpc) is 2.53. The molecular weight excluding hydrogens is 258 g/mol. The second-order valence-electron chi connectivity index (χ2n) is 5.32. The van der Waals surface area contributed by atoms with E-state index in [1.54, 1.807) is 6.92 Å². The molecule has 0 aliphatic rings. The molecule has 0 aliphatic carbocycles. The summed E-state index contributed by atoms with van der Waals surface area (Å²) in [5.41, 5.74) is 4.48. The van der Waals surface area contributed by atoms with Crippen molar-refractivity contribution in [2.24, 2.45) is 0 Å². The third-order valence-corrected chi connectivity index (χ3v) is 3.64. The molecule has 1 heterocycles. The van der Waals surface area contributed by atoms with Gasteiger partial charge in [0.05, 0.1) is 5.52 Å². The van der Waals surface area contributed by atoms with E-state index in [2.05, 4.69) is 41.4 Å². The van der Waals surface area contributed by atoms with Crippen LogP contribution >= 0.6 is 0 Å². The minimum atomic E-state index is 0.234. The van der Waals surface area contributed by atoms with Gasteiger partial charge in [0.1, 0.15) is 5.78 Å². The fourth-order valence-corrected chi connectivity index (χ4v) is 2.41. The maximum absolute atomic E-state index is 11.0. The Labute approximate surface area is 124 Å². The van der Waals surface area contributed by atoms with Gasteiger partial charge in [-0.2, -0.15) is 0 Å². The van der Waals surface area contributed by atoms with Crippen molar-refractivity contribution in [3.8, 4) is 11.1 Å². The standard InChI is InChI=1S/C19H17NO/c1-14(21)6-7-15-8-10-16(11-9-15)18-12-17-4-2-3-5-19(17)20-13-18/h2-5,8-13H,6-7H2,1H3. The minimum absolute atomic E-state index is 0.234. The SMILES string of the molecule is CC(=O)CCc1ccc(-c2cnc3ccccc3c2)cc1. The van der Waals surface area contributed by atoms with Crippen molar-refractivity contribution < 1.29 is 4.79 Å². The summed E-state index contributed by atoms with van der Waals surface area (Å²) in [6.07, 6.45) is 3.33. The number of aryl methyl sites for hydroxylation is 1. The fourth-order valence-electron chi connectivity index (χ4n) is 2.41. The third-order valence-electron chi connectivity index (χ3n) is 3.64. The van der Waals surface area contributed by atoms with E-state index in [-0.39, 0.29) is 5.78 Å². The number of hydrogen-bond acceptors (Lipinski definition) is 2. The second-order valence-corrected chi connectivity index (χ2v) is 5.32. The van der Waals surface area contributed by atoms with Crippen molar-refractivity contribution in [1.29, 1.82) is 0 Å². The highest BCUT2D eigenvalue weighted by Gasteiger charge is 2.02. The van der Waals surface area contributed by atoms with E-state index < -0.39 is 0 Å². The van der Waals surface area contributed by atoms with Gasteiger partial charge in [-0.3, -0.25) is 4.98 Å². The number of fused-ring (bicyclic) bond motifs is 1. The van der Waals surface area contributed by atoms with Gasteiger partial charge in [-0.05, 0) is 36.6 Å². The summed E-state index contributed by atoms with van der Waals surface area (Å²) in [7, 11) is 0. The lowest BCUT2D eigenvalue weighted by Gasteiger charge is -2.05. The number of carbonyl (C=O) groups excluding carboxylic acids is 1. The van der Waals surface area contributed by atoms with E-state index >= 15 is 0 Å². The van der Waals surface area contributed by atoms with E-state index in [0.717, 1.165) is 28.5 Å². The van der Waals surface area contributed by atoms with Gasteiger partial charge in [-0.1, -0.05) is 42.5 Å². The predicted molar refractivity (Wildman–Crippen MR) is 86.2 cm³/mol. The maximum Gasteiger partial charge on any atom is 0.130 e. The lowest BCUT2D eigenvalue weighted by atomic mass is 10.0. The van der Waals surface area contributed by atoms with Crippen LogP contribution in [-0.2, 0) is 11.2 Å². The molecule has 3 aromatic rings. The van der Waals surface area contributed by atoms with Crippen LogP contribution in [0.25, 0.3) is 22.0 Å². The smallest absolute Gasteiger partial charge is 0.130 e. The van der Waals surface area contributed by atoms with E-state index in [9.17, 15) is 4.79 Å². The van der Waals surface area contributed by atoms with Crippen molar-refractivity contribution in [3.63, 3.8) is 0 Å². The summed E-state index contributed by atoms with van der Waals surface area (Å²) in [6.45, 7) is 1.63. The Kier molecular flexibility index (Phi) is 3.78. The topological polar surface area (TPSA) is 30.0 Å². The fraction of sp³-hybridized carbons (Fsp3) is 0.158. The average molecular weight is 275 g/mol. The Morgan fingerprint density at radius 2 is 1.76 bits per heavy atom. The highest BCUT2D eigenvalue weighted by Crippen LogP contribution is 2.23. The van der Waals surface area contributed by atoms with Crippen LogP contribution in [0.2, 0.25) is 0 Å². The number of hydrogen-bond donors (Lipinski definition) is 0.